The molecule has 17 heavy (non-hydrogen) atoms. The van der Waals surface area contributed by atoms with Crippen LogP contribution in [-0.2, 0) is 4.79 Å². The summed E-state index contributed by atoms with van der Waals surface area (Å²) in [4.78, 5) is 12.0. The van der Waals surface area contributed by atoms with E-state index in [9.17, 15) is 4.79 Å². The van der Waals surface area contributed by atoms with Crippen molar-refractivity contribution in [3.63, 3.8) is 0 Å². The zero-order valence-electron chi connectivity index (χ0n) is 10.5. The molecule has 0 radical (unpaired) electrons. The van der Waals surface area contributed by atoms with Crippen molar-refractivity contribution in [2.24, 2.45) is 16.8 Å². The lowest BCUT2D eigenvalue weighted by Crippen LogP contribution is -2.46. The first-order chi connectivity index (χ1) is 8.19. The summed E-state index contributed by atoms with van der Waals surface area (Å²) in [5, 5.41) is 14.4. The van der Waals surface area contributed by atoms with Crippen molar-refractivity contribution in [3.05, 3.63) is 0 Å². The van der Waals surface area contributed by atoms with E-state index in [1.54, 1.807) is 0 Å². The van der Waals surface area contributed by atoms with E-state index in [-0.39, 0.29) is 23.7 Å². The van der Waals surface area contributed by atoms with Crippen LogP contribution in [0.5, 0.6) is 0 Å². The lowest BCUT2D eigenvalue weighted by atomic mass is 9.99. The second-order valence-electron chi connectivity index (χ2n) is 4.68. The van der Waals surface area contributed by atoms with Crippen LogP contribution in [-0.4, -0.2) is 23.0 Å². The van der Waals surface area contributed by atoms with Crippen LogP contribution in [0.15, 0.2) is 5.16 Å². The molecule has 0 aliphatic heterocycles. The molecule has 0 saturated heterocycles. The lowest BCUT2D eigenvalue weighted by molar-refractivity contribution is -0.125. The molecule has 0 aromatic carbocycles. The summed E-state index contributed by atoms with van der Waals surface area (Å²) in [6, 6.07) is -0.351. The molecule has 0 bridgehead atoms. The highest BCUT2D eigenvalue weighted by atomic mass is 16.4. The van der Waals surface area contributed by atoms with Crippen molar-refractivity contribution >= 4 is 11.7 Å². The van der Waals surface area contributed by atoms with Crippen molar-refractivity contribution in [2.75, 3.05) is 0 Å². The number of amidine groups is 1. The van der Waals surface area contributed by atoms with Gasteiger partial charge in [-0.3, -0.25) is 4.79 Å². The highest BCUT2D eigenvalue weighted by Gasteiger charge is 2.23. The number of nitrogens with one attached hydrogen (secondary N) is 1. The SMILES string of the molecule is CCC(NC(=O)C1CCCCCC1)C(N)=NO. The molecule has 1 rings (SSSR count). The Morgan fingerprint density at radius 2 is 2.00 bits per heavy atom. The van der Waals surface area contributed by atoms with Gasteiger partial charge in [0.25, 0.3) is 0 Å². The third-order valence-electron chi connectivity index (χ3n) is 3.42. The van der Waals surface area contributed by atoms with Gasteiger partial charge in [-0.2, -0.15) is 0 Å². The summed E-state index contributed by atoms with van der Waals surface area (Å²) in [5.74, 6) is 0.220. The second kappa shape index (κ2) is 7.14. The molecule has 1 aliphatic rings. The van der Waals surface area contributed by atoms with Crippen molar-refractivity contribution in [2.45, 2.75) is 57.9 Å². The van der Waals surface area contributed by atoms with E-state index in [4.69, 9.17) is 10.9 Å². The number of carbonyl (C=O) groups excluding carboxylic acids is 1. The van der Waals surface area contributed by atoms with E-state index in [0.717, 1.165) is 25.7 Å². The van der Waals surface area contributed by atoms with Gasteiger partial charge in [-0.25, -0.2) is 0 Å². The summed E-state index contributed by atoms with van der Waals surface area (Å²) in [5.41, 5.74) is 5.52. The molecular formula is C12H23N3O2. The number of hydrogen-bond acceptors (Lipinski definition) is 3. The molecule has 1 fully saturated rings. The Morgan fingerprint density at radius 3 is 2.47 bits per heavy atom. The van der Waals surface area contributed by atoms with Crippen LogP contribution < -0.4 is 11.1 Å². The standard InChI is InChI=1S/C12H23N3O2/c1-2-10(11(13)15-17)14-12(16)9-7-5-3-4-6-8-9/h9-10,17H,2-8H2,1H3,(H2,13,15)(H,14,16). The van der Waals surface area contributed by atoms with Crippen LogP contribution in [0.3, 0.4) is 0 Å². The van der Waals surface area contributed by atoms with Gasteiger partial charge in [0, 0.05) is 5.92 Å². The van der Waals surface area contributed by atoms with E-state index in [1.165, 1.54) is 12.8 Å². The molecule has 1 amide bonds. The predicted octanol–water partition coefficient (Wildman–Crippen LogP) is 1.60. The van der Waals surface area contributed by atoms with Crippen molar-refractivity contribution < 1.29 is 10.0 Å². The van der Waals surface area contributed by atoms with Gasteiger partial charge in [-0.05, 0) is 19.3 Å². The van der Waals surface area contributed by atoms with E-state index in [1.807, 2.05) is 6.92 Å². The summed E-state index contributed by atoms with van der Waals surface area (Å²) < 4.78 is 0. The highest BCUT2D eigenvalue weighted by Crippen LogP contribution is 2.23. The Labute approximate surface area is 102 Å². The van der Waals surface area contributed by atoms with E-state index >= 15 is 0 Å². The number of nitrogens with zero attached hydrogens (tertiary/aromatic N) is 1. The Bertz CT molecular complexity index is 271. The maximum atomic E-state index is 12.0. The minimum absolute atomic E-state index is 0.0466. The molecule has 5 heteroatoms. The number of hydrogen-bond donors (Lipinski definition) is 3. The van der Waals surface area contributed by atoms with E-state index in [2.05, 4.69) is 10.5 Å². The molecule has 4 N–H and O–H groups in total. The van der Waals surface area contributed by atoms with Crippen LogP contribution in [0.25, 0.3) is 0 Å². The third kappa shape index (κ3) is 4.24. The van der Waals surface area contributed by atoms with Gasteiger partial charge in [-0.15, -0.1) is 0 Å². The maximum absolute atomic E-state index is 12.0. The fourth-order valence-electron chi connectivity index (χ4n) is 2.29. The van der Waals surface area contributed by atoms with Gasteiger partial charge in [0.05, 0.1) is 6.04 Å². The van der Waals surface area contributed by atoms with Crippen molar-refractivity contribution in [1.82, 2.24) is 5.32 Å². The normalized spacial score (nSPS) is 20.6. The van der Waals surface area contributed by atoms with Gasteiger partial charge in [-0.1, -0.05) is 37.8 Å². The first kappa shape index (κ1) is 13.8. The van der Waals surface area contributed by atoms with Crippen LogP contribution in [0.1, 0.15) is 51.9 Å². The quantitative estimate of drug-likeness (QED) is 0.230. The molecule has 0 spiro atoms. The summed E-state index contributed by atoms with van der Waals surface area (Å²) in [7, 11) is 0. The number of amides is 1. The number of carbonyl (C=O) groups is 1. The fourth-order valence-corrected chi connectivity index (χ4v) is 2.29. The molecule has 5 nitrogen and oxygen atoms in total. The number of oxime groups is 1. The number of nitrogens with two attached hydrogens (primary N) is 1. The van der Waals surface area contributed by atoms with Gasteiger partial charge in [0.1, 0.15) is 0 Å². The minimum Gasteiger partial charge on any atom is -0.409 e. The zero-order valence-corrected chi connectivity index (χ0v) is 10.5. The highest BCUT2D eigenvalue weighted by molar-refractivity contribution is 5.90. The smallest absolute Gasteiger partial charge is 0.223 e. The van der Waals surface area contributed by atoms with Crippen LogP contribution in [0, 0.1) is 5.92 Å². The fraction of sp³-hybridized carbons (Fsp3) is 0.833. The lowest BCUT2D eigenvalue weighted by Gasteiger charge is -2.19. The van der Waals surface area contributed by atoms with Crippen LogP contribution >= 0.6 is 0 Å². The molecule has 98 valence electrons. The Kier molecular flexibility index (Phi) is 5.80. The van der Waals surface area contributed by atoms with Crippen molar-refractivity contribution in [1.29, 1.82) is 0 Å². The summed E-state index contributed by atoms with van der Waals surface area (Å²) >= 11 is 0. The number of rotatable bonds is 4. The summed E-state index contributed by atoms with van der Waals surface area (Å²) in [6.45, 7) is 1.90. The van der Waals surface area contributed by atoms with E-state index in [0.29, 0.717) is 6.42 Å². The second-order valence-corrected chi connectivity index (χ2v) is 4.68. The largest absolute Gasteiger partial charge is 0.409 e. The third-order valence-corrected chi connectivity index (χ3v) is 3.42. The molecule has 1 saturated carbocycles. The Balaban J connectivity index is 2.51. The average molecular weight is 241 g/mol. The molecule has 0 heterocycles. The first-order valence-corrected chi connectivity index (χ1v) is 6.46. The first-order valence-electron chi connectivity index (χ1n) is 6.46. The van der Waals surface area contributed by atoms with E-state index < -0.39 is 0 Å². The van der Waals surface area contributed by atoms with Crippen LogP contribution in [0.2, 0.25) is 0 Å². The monoisotopic (exact) mass is 241 g/mol. The van der Waals surface area contributed by atoms with Gasteiger partial charge < -0.3 is 16.3 Å². The minimum atomic E-state index is -0.351. The molecule has 0 aromatic rings. The van der Waals surface area contributed by atoms with Gasteiger partial charge in [0.2, 0.25) is 5.91 Å². The average Bonchev–Trinajstić information content (AvgIpc) is 2.63. The molecule has 1 unspecified atom stereocenters. The van der Waals surface area contributed by atoms with Gasteiger partial charge in [0.15, 0.2) is 5.84 Å². The van der Waals surface area contributed by atoms with Gasteiger partial charge >= 0.3 is 0 Å². The topological polar surface area (TPSA) is 87.7 Å². The zero-order chi connectivity index (χ0) is 12.7. The Hall–Kier alpha value is -1.26. The molecule has 1 atom stereocenters. The Morgan fingerprint density at radius 1 is 1.41 bits per heavy atom. The maximum Gasteiger partial charge on any atom is 0.223 e. The molecule has 0 aromatic heterocycles. The van der Waals surface area contributed by atoms with Crippen LogP contribution in [0.4, 0.5) is 0 Å². The predicted molar refractivity (Wildman–Crippen MR) is 66.8 cm³/mol. The molecule has 1 aliphatic carbocycles. The molecular weight excluding hydrogens is 218 g/mol. The summed E-state index contributed by atoms with van der Waals surface area (Å²) in [6.07, 6.45) is 7.24. The van der Waals surface area contributed by atoms with Crippen molar-refractivity contribution in [3.8, 4) is 0 Å².